The zero-order valence-electron chi connectivity index (χ0n) is 17.9. The van der Waals surface area contributed by atoms with Crippen LogP contribution in [0.25, 0.3) is 0 Å². The van der Waals surface area contributed by atoms with Crippen LogP contribution in [0.3, 0.4) is 0 Å². The molecule has 0 aromatic heterocycles. The molecule has 1 heterocycles. The van der Waals surface area contributed by atoms with Crippen LogP contribution < -0.4 is 14.4 Å². The van der Waals surface area contributed by atoms with E-state index in [2.05, 4.69) is 0 Å². The van der Waals surface area contributed by atoms with Crippen molar-refractivity contribution in [3.63, 3.8) is 0 Å². The summed E-state index contributed by atoms with van der Waals surface area (Å²) in [4.78, 5) is 12.5. The molecular formula is C21H27N3O6S. The predicted molar refractivity (Wildman–Crippen MR) is 118 cm³/mol. The Morgan fingerprint density at radius 2 is 1.74 bits per heavy atom. The third-order valence-electron chi connectivity index (χ3n) is 5.43. The van der Waals surface area contributed by atoms with E-state index in [1.165, 1.54) is 16.4 Å². The Balaban J connectivity index is 1.88. The highest BCUT2D eigenvalue weighted by Crippen LogP contribution is 2.33. The lowest BCUT2D eigenvalue weighted by Gasteiger charge is -2.24. The summed E-state index contributed by atoms with van der Waals surface area (Å²) in [5, 5.41) is 11.3. The summed E-state index contributed by atoms with van der Waals surface area (Å²) in [6, 6.07) is 9.64. The second-order valence-electron chi connectivity index (χ2n) is 7.38. The normalized spacial score (nSPS) is 14.4. The van der Waals surface area contributed by atoms with Crippen molar-refractivity contribution in [3.05, 3.63) is 52.1 Å². The summed E-state index contributed by atoms with van der Waals surface area (Å²) in [5.74, 6) is 1.25. The van der Waals surface area contributed by atoms with Gasteiger partial charge in [0, 0.05) is 38.8 Å². The van der Waals surface area contributed by atoms with Gasteiger partial charge in [0.2, 0.25) is 10.0 Å². The van der Waals surface area contributed by atoms with Gasteiger partial charge in [0.15, 0.2) is 11.5 Å². The fourth-order valence-electron chi connectivity index (χ4n) is 3.66. The first-order valence-corrected chi connectivity index (χ1v) is 11.4. The lowest BCUT2D eigenvalue weighted by molar-refractivity contribution is -0.385. The molecule has 1 saturated heterocycles. The van der Waals surface area contributed by atoms with Gasteiger partial charge in [-0.1, -0.05) is 6.07 Å². The number of anilines is 1. The maximum atomic E-state index is 13.2. The van der Waals surface area contributed by atoms with Crippen molar-refractivity contribution >= 4 is 21.4 Å². The molecule has 0 unspecified atom stereocenters. The minimum absolute atomic E-state index is 0.0292. The van der Waals surface area contributed by atoms with Gasteiger partial charge in [-0.15, -0.1) is 0 Å². The van der Waals surface area contributed by atoms with E-state index >= 15 is 0 Å². The number of nitro benzene ring substituents is 1. The number of sulfonamides is 1. The van der Waals surface area contributed by atoms with Gasteiger partial charge < -0.3 is 14.4 Å². The fraction of sp³-hybridized carbons (Fsp3) is 0.429. The van der Waals surface area contributed by atoms with Crippen LogP contribution in [0.4, 0.5) is 11.4 Å². The number of non-ortho nitro benzene ring substituents is 1. The molecule has 0 saturated carbocycles. The van der Waals surface area contributed by atoms with Gasteiger partial charge in [0.1, 0.15) is 4.90 Å². The monoisotopic (exact) mass is 449 g/mol. The molecule has 31 heavy (non-hydrogen) atoms. The number of methoxy groups -OCH3 is 2. The fourth-order valence-corrected chi connectivity index (χ4v) is 5.43. The molecule has 3 rings (SSSR count). The quantitative estimate of drug-likeness (QED) is 0.428. The molecule has 1 aliphatic rings. The molecule has 2 aromatic carbocycles. The van der Waals surface area contributed by atoms with E-state index in [1.807, 2.05) is 23.1 Å². The van der Waals surface area contributed by atoms with Crippen molar-refractivity contribution < 1.29 is 22.8 Å². The number of nitro groups is 1. The molecule has 1 fully saturated rings. The molecule has 0 N–H and O–H groups in total. The predicted octanol–water partition coefficient (Wildman–Crippen LogP) is 3.08. The van der Waals surface area contributed by atoms with E-state index in [-0.39, 0.29) is 10.6 Å². The van der Waals surface area contributed by atoms with Crippen LogP contribution in [-0.2, 0) is 16.4 Å². The number of hydrogen-bond acceptors (Lipinski definition) is 7. The van der Waals surface area contributed by atoms with Crippen LogP contribution in [0.1, 0.15) is 18.4 Å². The lowest BCUT2D eigenvalue weighted by atomic mass is 10.1. The van der Waals surface area contributed by atoms with Gasteiger partial charge >= 0.3 is 0 Å². The minimum Gasteiger partial charge on any atom is -0.493 e. The Labute approximate surface area is 182 Å². The first-order chi connectivity index (χ1) is 14.8. The van der Waals surface area contributed by atoms with Crippen LogP contribution in [-0.4, -0.2) is 58.5 Å². The van der Waals surface area contributed by atoms with Crippen molar-refractivity contribution in [1.82, 2.24) is 4.31 Å². The highest BCUT2D eigenvalue weighted by Gasteiger charge is 2.31. The topological polar surface area (TPSA) is 102 Å². The van der Waals surface area contributed by atoms with Crippen molar-refractivity contribution in [2.45, 2.75) is 24.2 Å². The van der Waals surface area contributed by atoms with Gasteiger partial charge in [0.05, 0.1) is 24.8 Å². The summed E-state index contributed by atoms with van der Waals surface area (Å²) in [7, 11) is 1.10. The Morgan fingerprint density at radius 1 is 1.06 bits per heavy atom. The molecule has 0 aliphatic carbocycles. The zero-order valence-corrected chi connectivity index (χ0v) is 18.7. The van der Waals surface area contributed by atoms with E-state index in [1.54, 1.807) is 21.3 Å². The maximum absolute atomic E-state index is 13.2. The van der Waals surface area contributed by atoms with Crippen LogP contribution in [0, 0.1) is 10.1 Å². The van der Waals surface area contributed by atoms with Gasteiger partial charge in [-0.3, -0.25) is 10.1 Å². The van der Waals surface area contributed by atoms with Gasteiger partial charge in [0.25, 0.3) is 5.69 Å². The van der Waals surface area contributed by atoms with Gasteiger partial charge in [-0.2, -0.15) is 4.31 Å². The average molecular weight is 450 g/mol. The van der Waals surface area contributed by atoms with Crippen molar-refractivity contribution in [2.24, 2.45) is 0 Å². The Kier molecular flexibility index (Phi) is 7.01. The van der Waals surface area contributed by atoms with Crippen LogP contribution in [0.15, 0.2) is 41.3 Å². The first-order valence-electron chi connectivity index (χ1n) is 9.98. The molecule has 0 spiro atoms. The van der Waals surface area contributed by atoms with E-state index < -0.39 is 14.9 Å². The second kappa shape index (κ2) is 9.52. The second-order valence-corrected chi connectivity index (χ2v) is 9.29. The highest BCUT2D eigenvalue weighted by molar-refractivity contribution is 7.89. The molecule has 0 bridgehead atoms. The highest BCUT2D eigenvalue weighted by atomic mass is 32.2. The number of ether oxygens (including phenoxy) is 2. The van der Waals surface area contributed by atoms with E-state index in [0.717, 1.165) is 24.5 Å². The van der Waals surface area contributed by atoms with E-state index in [4.69, 9.17) is 9.47 Å². The van der Waals surface area contributed by atoms with Crippen molar-refractivity contribution in [3.8, 4) is 11.5 Å². The van der Waals surface area contributed by atoms with E-state index in [0.29, 0.717) is 43.2 Å². The molecule has 9 nitrogen and oxygen atoms in total. The van der Waals surface area contributed by atoms with Crippen LogP contribution >= 0.6 is 0 Å². The molecule has 10 heteroatoms. The number of benzene rings is 2. The first kappa shape index (κ1) is 22.8. The lowest BCUT2D eigenvalue weighted by Crippen LogP contribution is -2.30. The summed E-state index contributed by atoms with van der Waals surface area (Å²) < 4.78 is 38.4. The molecule has 168 valence electrons. The minimum atomic E-state index is -3.82. The Morgan fingerprint density at radius 3 is 2.35 bits per heavy atom. The maximum Gasteiger partial charge on any atom is 0.270 e. The SMILES string of the molecule is COc1ccc(CCN(C)c2ccc([N+](=O)[O-])cc2S(=O)(=O)N2CCCC2)cc1OC. The largest absolute Gasteiger partial charge is 0.493 e. The summed E-state index contributed by atoms with van der Waals surface area (Å²) in [6.07, 6.45) is 2.20. The van der Waals surface area contributed by atoms with Crippen LogP contribution in [0.2, 0.25) is 0 Å². The van der Waals surface area contributed by atoms with Crippen molar-refractivity contribution in [2.75, 3.05) is 45.8 Å². The molecule has 0 amide bonds. The molecular weight excluding hydrogens is 422 g/mol. The smallest absolute Gasteiger partial charge is 0.270 e. The molecule has 2 aromatic rings. The number of likely N-dealkylation sites (N-methyl/N-ethyl adjacent to an activating group) is 1. The summed E-state index contributed by atoms with van der Waals surface area (Å²) in [5.41, 5.74) is 1.20. The standard InChI is InChI=1S/C21H27N3O6S/c1-22(13-10-16-6-9-19(29-2)20(14-16)30-3)18-8-7-17(24(25)26)15-21(18)31(27,28)23-11-4-5-12-23/h6-9,14-15H,4-5,10-13H2,1-3H3. The number of nitrogens with zero attached hydrogens (tertiary/aromatic N) is 3. The van der Waals surface area contributed by atoms with Crippen molar-refractivity contribution in [1.29, 1.82) is 0 Å². The third-order valence-corrected chi connectivity index (χ3v) is 7.36. The number of rotatable bonds is 9. The van der Waals surface area contributed by atoms with E-state index in [9.17, 15) is 18.5 Å². The Hall–Kier alpha value is -2.85. The average Bonchev–Trinajstić information content (AvgIpc) is 3.32. The number of hydrogen-bond donors (Lipinski definition) is 0. The van der Waals surface area contributed by atoms with Gasteiger partial charge in [-0.25, -0.2) is 8.42 Å². The Bertz CT molecular complexity index is 1050. The molecule has 0 radical (unpaired) electrons. The summed E-state index contributed by atoms with van der Waals surface area (Å²) >= 11 is 0. The zero-order chi connectivity index (χ0) is 22.6. The van der Waals surface area contributed by atoms with Gasteiger partial charge in [-0.05, 0) is 43.0 Å². The molecule has 0 atom stereocenters. The molecule has 1 aliphatic heterocycles. The third kappa shape index (κ3) is 4.91. The van der Waals surface area contributed by atoms with Crippen LogP contribution in [0.5, 0.6) is 11.5 Å². The summed E-state index contributed by atoms with van der Waals surface area (Å²) in [6.45, 7) is 1.37.